The van der Waals surface area contributed by atoms with Crippen molar-refractivity contribution in [2.45, 2.75) is 51.9 Å². The minimum atomic E-state index is -0.487. The number of amides is 1. The van der Waals surface area contributed by atoms with Gasteiger partial charge in [-0.2, -0.15) is 0 Å². The van der Waals surface area contributed by atoms with Crippen molar-refractivity contribution in [1.29, 1.82) is 0 Å². The second kappa shape index (κ2) is 8.30. The van der Waals surface area contributed by atoms with Gasteiger partial charge in [-0.3, -0.25) is 4.79 Å². The monoisotopic (exact) mass is 305 g/mol. The summed E-state index contributed by atoms with van der Waals surface area (Å²) in [6.45, 7) is 5.53. The van der Waals surface area contributed by atoms with Crippen molar-refractivity contribution < 1.29 is 14.6 Å². The molecule has 1 aliphatic heterocycles. The lowest BCUT2D eigenvalue weighted by Gasteiger charge is -2.26. The van der Waals surface area contributed by atoms with Gasteiger partial charge in [0.25, 0.3) is 0 Å². The number of carbonyl (C=O) groups is 1. The highest BCUT2D eigenvalue weighted by Crippen LogP contribution is 2.22. The average molecular weight is 305 g/mol. The van der Waals surface area contributed by atoms with Crippen LogP contribution >= 0.6 is 0 Å². The van der Waals surface area contributed by atoms with Gasteiger partial charge >= 0.3 is 0 Å². The summed E-state index contributed by atoms with van der Waals surface area (Å²) in [6, 6.07) is 10.0. The summed E-state index contributed by atoms with van der Waals surface area (Å²) in [5.74, 6) is 0.768. The summed E-state index contributed by atoms with van der Waals surface area (Å²) in [4.78, 5) is 11.3. The normalized spacial score (nSPS) is 20.9. The molecule has 1 fully saturated rings. The molecule has 2 rings (SSSR count). The first-order valence-electron chi connectivity index (χ1n) is 8.15. The summed E-state index contributed by atoms with van der Waals surface area (Å²) in [5.41, 5.74) is 1.16. The van der Waals surface area contributed by atoms with Crippen molar-refractivity contribution in [3.63, 3.8) is 0 Å². The fraction of sp³-hybridized carbons (Fsp3) is 0.611. The lowest BCUT2D eigenvalue weighted by Crippen LogP contribution is -2.38. The van der Waals surface area contributed by atoms with E-state index in [0.29, 0.717) is 32.0 Å². The smallest absolute Gasteiger partial charge is 0.220 e. The van der Waals surface area contributed by atoms with E-state index >= 15 is 0 Å². The molecule has 1 aromatic rings. The van der Waals surface area contributed by atoms with E-state index in [4.69, 9.17) is 4.74 Å². The van der Waals surface area contributed by atoms with Gasteiger partial charge in [-0.25, -0.2) is 0 Å². The van der Waals surface area contributed by atoms with Gasteiger partial charge in [0, 0.05) is 6.42 Å². The summed E-state index contributed by atoms with van der Waals surface area (Å²) in [7, 11) is 0. The lowest BCUT2D eigenvalue weighted by atomic mass is 9.88. The van der Waals surface area contributed by atoms with Crippen LogP contribution in [0.5, 0.6) is 0 Å². The van der Waals surface area contributed by atoms with E-state index in [1.165, 1.54) is 0 Å². The fourth-order valence-corrected chi connectivity index (χ4v) is 2.84. The third-order valence-corrected chi connectivity index (χ3v) is 4.42. The van der Waals surface area contributed by atoms with Crippen LogP contribution in [0.4, 0.5) is 0 Å². The zero-order chi connectivity index (χ0) is 15.9. The molecule has 4 heteroatoms. The zero-order valence-electron chi connectivity index (χ0n) is 13.5. The first-order chi connectivity index (χ1) is 10.6. The van der Waals surface area contributed by atoms with Gasteiger partial charge < -0.3 is 15.2 Å². The Morgan fingerprint density at radius 2 is 2.05 bits per heavy atom. The maximum absolute atomic E-state index is 11.3. The highest BCUT2D eigenvalue weighted by molar-refractivity contribution is 5.78. The molecule has 122 valence electrons. The maximum Gasteiger partial charge on any atom is 0.220 e. The number of benzene rings is 1. The quantitative estimate of drug-likeness (QED) is 0.776. The Morgan fingerprint density at radius 3 is 2.64 bits per heavy atom. The van der Waals surface area contributed by atoms with Crippen LogP contribution in [0.3, 0.4) is 0 Å². The Balaban J connectivity index is 1.78. The molecule has 0 aliphatic carbocycles. The van der Waals surface area contributed by atoms with Crippen molar-refractivity contribution in [1.82, 2.24) is 5.32 Å². The zero-order valence-corrected chi connectivity index (χ0v) is 13.5. The highest BCUT2D eigenvalue weighted by atomic mass is 16.5. The van der Waals surface area contributed by atoms with Gasteiger partial charge in [0.15, 0.2) is 0 Å². The Morgan fingerprint density at radius 1 is 1.32 bits per heavy atom. The van der Waals surface area contributed by atoms with Crippen LogP contribution in [-0.4, -0.2) is 29.8 Å². The summed E-state index contributed by atoms with van der Waals surface area (Å²) < 4.78 is 5.83. The van der Waals surface area contributed by atoms with Gasteiger partial charge in [0.1, 0.15) is 0 Å². The number of aliphatic hydroxyl groups excluding tert-OH is 1. The van der Waals surface area contributed by atoms with Gasteiger partial charge in [0.2, 0.25) is 5.91 Å². The molecule has 1 amide bonds. The summed E-state index contributed by atoms with van der Waals surface area (Å²) >= 11 is 0. The van der Waals surface area contributed by atoms with E-state index in [0.717, 1.165) is 12.0 Å². The van der Waals surface area contributed by atoms with Gasteiger partial charge in [-0.1, -0.05) is 44.2 Å². The molecule has 3 unspecified atom stereocenters. The van der Waals surface area contributed by atoms with Gasteiger partial charge in [-0.05, 0) is 30.2 Å². The molecule has 0 bridgehead atoms. The van der Waals surface area contributed by atoms with E-state index in [2.05, 4.69) is 19.2 Å². The molecule has 0 radical (unpaired) electrons. The Labute approximate surface area is 132 Å². The summed E-state index contributed by atoms with van der Waals surface area (Å²) in [6.07, 6.45) is 1.44. The van der Waals surface area contributed by atoms with Crippen LogP contribution in [0.15, 0.2) is 30.3 Å². The second-order valence-electron chi connectivity index (χ2n) is 6.52. The first-order valence-corrected chi connectivity index (χ1v) is 8.15. The number of carbonyl (C=O) groups excluding carboxylic acids is 1. The Hall–Kier alpha value is -1.39. The minimum absolute atomic E-state index is 0.0467. The molecule has 0 saturated carbocycles. The highest BCUT2D eigenvalue weighted by Gasteiger charge is 2.30. The van der Waals surface area contributed by atoms with Crippen LogP contribution in [0.25, 0.3) is 0 Å². The molecule has 4 nitrogen and oxygen atoms in total. The predicted octanol–water partition coefficient (Wildman–Crippen LogP) is 2.50. The van der Waals surface area contributed by atoms with E-state index < -0.39 is 6.10 Å². The average Bonchev–Trinajstić information content (AvgIpc) is 2.93. The molecule has 2 N–H and O–H groups in total. The van der Waals surface area contributed by atoms with Crippen LogP contribution in [-0.2, 0) is 16.1 Å². The van der Waals surface area contributed by atoms with Gasteiger partial charge in [0.05, 0.1) is 25.4 Å². The van der Waals surface area contributed by atoms with E-state index in [-0.39, 0.29) is 17.9 Å². The molecule has 1 heterocycles. The van der Waals surface area contributed by atoms with Gasteiger partial charge in [-0.15, -0.1) is 0 Å². The molecule has 0 aromatic heterocycles. The third kappa shape index (κ3) is 5.11. The fourth-order valence-electron chi connectivity index (χ4n) is 2.84. The molecular weight excluding hydrogens is 278 g/mol. The molecule has 1 saturated heterocycles. The van der Waals surface area contributed by atoms with Crippen LogP contribution in [0, 0.1) is 11.8 Å². The van der Waals surface area contributed by atoms with E-state index in [9.17, 15) is 9.90 Å². The predicted molar refractivity (Wildman–Crippen MR) is 86.2 cm³/mol. The van der Waals surface area contributed by atoms with E-state index in [1.807, 2.05) is 30.3 Å². The molecule has 0 spiro atoms. The third-order valence-electron chi connectivity index (χ3n) is 4.42. The first kappa shape index (κ1) is 17.0. The van der Waals surface area contributed by atoms with Crippen molar-refractivity contribution >= 4 is 5.91 Å². The van der Waals surface area contributed by atoms with Crippen LogP contribution in [0.1, 0.15) is 38.7 Å². The molecule has 3 atom stereocenters. The number of aliphatic hydroxyl groups is 1. The topological polar surface area (TPSA) is 58.6 Å². The molecule has 22 heavy (non-hydrogen) atoms. The number of hydrogen-bond donors (Lipinski definition) is 2. The largest absolute Gasteiger partial charge is 0.391 e. The SMILES string of the molecule is CC(C)C(COCc1ccccc1)CC(O)C1CCC(=O)N1. The van der Waals surface area contributed by atoms with Crippen molar-refractivity contribution in [2.24, 2.45) is 11.8 Å². The Bertz CT molecular complexity index is 461. The number of hydrogen-bond acceptors (Lipinski definition) is 3. The summed E-state index contributed by atoms with van der Waals surface area (Å²) in [5, 5.41) is 13.2. The molecule has 1 aliphatic rings. The lowest BCUT2D eigenvalue weighted by molar-refractivity contribution is -0.119. The van der Waals surface area contributed by atoms with Crippen molar-refractivity contribution in [2.75, 3.05) is 6.61 Å². The van der Waals surface area contributed by atoms with Crippen molar-refractivity contribution in [3.8, 4) is 0 Å². The molecule has 1 aromatic carbocycles. The number of ether oxygens (including phenoxy) is 1. The number of rotatable bonds is 8. The Kier molecular flexibility index (Phi) is 6.40. The minimum Gasteiger partial charge on any atom is -0.391 e. The van der Waals surface area contributed by atoms with Crippen LogP contribution in [0.2, 0.25) is 0 Å². The van der Waals surface area contributed by atoms with Crippen LogP contribution < -0.4 is 5.32 Å². The maximum atomic E-state index is 11.3. The molecular formula is C18H27NO3. The number of nitrogens with one attached hydrogen (secondary N) is 1. The standard InChI is InChI=1S/C18H27NO3/c1-13(2)15(10-17(20)16-8-9-18(21)19-16)12-22-11-14-6-4-3-5-7-14/h3-7,13,15-17,20H,8-12H2,1-2H3,(H,19,21). The second-order valence-corrected chi connectivity index (χ2v) is 6.52. The van der Waals surface area contributed by atoms with E-state index in [1.54, 1.807) is 0 Å². The van der Waals surface area contributed by atoms with Crippen molar-refractivity contribution in [3.05, 3.63) is 35.9 Å².